The van der Waals surface area contributed by atoms with E-state index in [1.54, 1.807) is 51.0 Å². The number of carboxylic acids is 1. The van der Waals surface area contributed by atoms with E-state index < -0.39 is 23.2 Å². The van der Waals surface area contributed by atoms with Crippen molar-refractivity contribution < 1.29 is 27.5 Å². The lowest BCUT2D eigenvalue weighted by Crippen LogP contribution is -2.28. The van der Waals surface area contributed by atoms with E-state index in [0.717, 1.165) is 72.7 Å². The van der Waals surface area contributed by atoms with Crippen molar-refractivity contribution >= 4 is 33.6 Å². The number of carboxylic acid groups (broad SMARTS) is 1. The zero-order valence-electron chi connectivity index (χ0n) is 37.0. The van der Waals surface area contributed by atoms with Crippen molar-refractivity contribution in [3.8, 4) is 0 Å². The topological polar surface area (TPSA) is 160 Å². The van der Waals surface area contributed by atoms with Gasteiger partial charge in [-0.25, -0.2) is 18.4 Å². The number of nitrogens with zero attached hydrogens (tertiary/aromatic N) is 7. The van der Waals surface area contributed by atoms with Crippen LogP contribution < -0.4 is 10.9 Å². The molecule has 1 N–H and O–H groups in total. The van der Waals surface area contributed by atoms with E-state index in [-0.39, 0.29) is 38.5 Å². The van der Waals surface area contributed by atoms with Gasteiger partial charge < -0.3 is 13.9 Å². The van der Waals surface area contributed by atoms with Crippen LogP contribution in [0.2, 0.25) is 0 Å². The van der Waals surface area contributed by atoms with Gasteiger partial charge in [0.2, 0.25) is 5.69 Å². The van der Waals surface area contributed by atoms with Crippen molar-refractivity contribution in [2.75, 3.05) is 13.1 Å². The Morgan fingerprint density at radius 2 is 1.09 bits per heavy atom. The van der Waals surface area contributed by atoms with Gasteiger partial charge in [0.15, 0.2) is 10.9 Å². The lowest BCUT2D eigenvalue weighted by atomic mass is 10.1. The quantitative estimate of drug-likeness (QED) is 0.0864. The Kier molecular flexibility index (Phi) is 15.8. The van der Waals surface area contributed by atoms with E-state index in [1.165, 1.54) is 6.07 Å². The van der Waals surface area contributed by atoms with Crippen LogP contribution in [0.4, 0.5) is 14.5 Å². The average molecular weight is 904 g/mol. The average Bonchev–Trinajstić information content (AvgIpc) is 3.33. The second-order valence-corrected chi connectivity index (χ2v) is 16.0. The molecule has 15 heteroatoms. The van der Waals surface area contributed by atoms with Crippen molar-refractivity contribution in [3.63, 3.8) is 0 Å². The standard InChI is InChI=1S/C26H23FN4O2.C26H24FN3O4/c1-18-22(26(32)21-13-23(27)24(28-2)14-25(21)33-18)17-31(16-20-7-10-29-11-8-20)12-4-6-19-5-3-9-30-15-19;1-17-22(25(31)21-12-23(27)20(26(32)33)13-24(21)34-17)16-30(15-19-6-9-28-10-7-19)11-3-5-18-4-2-8-29-14-18/h3,5,7-11,13-15H,4,6,12,16-17H2,1H3;2,4,6-10,12-14H,3,5,11,15-16H2,1H3,(H,32,33). The van der Waals surface area contributed by atoms with Crippen molar-refractivity contribution in [2.24, 2.45) is 0 Å². The Hall–Kier alpha value is -7.80. The summed E-state index contributed by atoms with van der Waals surface area (Å²) in [5.74, 6) is -2.24. The van der Waals surface area contributed by atoms with E-state index in [4.69, 9.17) is 20.5 Å². The van der Waals surface area contributed by atoms with Crippen LogP contribution >= 0.6 is 0 Å². The first-order valence-electron chi connectivity index (χ1n) is 21.6. The second kappa shape index (κ2) is 22.4. The maximum atomic E-state index is 14.3. The molecule has 0 aliphatic heterocycles. The molecule has 13 nitrogen and oxygen atoms in total. The fourth-order valence-electron chi connectivity index (χ4n) is 7.81. The fraction of sp³-hybridized carbons (Fsp3) is 0.231. The molecule has 6 aromatic heterocycles. The van der Waals surface area contributed by atoms with Gasteiger partial charge in [-0.05, 0) is 136 Å². The number of carbonyl (C=O) groups is 1. The maximum Gasteiger partial charge on any atom is 0.338 e. The maximum absolute atomic E-state index is 14.3. The Morgan fingerprint density at radius 3 is 1.52 bits per heavy atom. The second-order valence-electron chi connectivity index (χ2n) is 16.0. The molecular weight excluding hydrogens is 857 g/mol. The minimum absolute atomic E-state index is 0.0299. The van der Waals surface area contributed by atoms with E-state index in [1.807, 2.05) is 60.9 Å². The minimum atomic E-state index is -1.42. The highest BCUT2D eigenvalue weighted by Crippen LogP contribution is 2.26. The molecule has 0 bridgehead atoms. The normalized spacial score (nSPS) is 11.2. The van der Waals surface area contributed by atoms with Crippen LogP contribution in [0, 0.1) is 32.1 Å². The summed E-state index contributed by atoms with van der Waals surface area (Å²) in [5.41, 5.74) is 4.32. The summed E-state index contributed by atoms with van der Waals surface area (Å²) in [6.07, 6.45) is 17.6. The molecule has 67 heavy (non-hydrogen) atoms. The van der Waals surface area contributed by atoms with Gasteiger partial charge in [-0.1, -0.05) is 12.1 Å². The van der Waals surface area contributed by atoms with E-state index >= 15 is 0 Å². The molecule has 340 valence electrons. The summed E-state index contributed by atoms with van der Waals surface area (Å²) in [5, 5.41) is 9.35. The summed E-state index contributed by atoms with van der Waals surface area (Å²) in [6.45, 7) is 13.9. The molecule has 0 atom stereocenters. The number of fused-ring (bicyclic) bond motifs is 2. The first-order chi connectivity index (χ1) is 32.5. The fourth-order valence-corrected chi connectivity index (χ4v) is 7.81. The Balaban J connectivity index is 0.000000199. The lowest BCUT2D eigenvalue weighted by Gasteiger charge is -2.23. The van der Waals surface area contributed by atoms with Gasteiger partial charge in [-0.2, -0.15) is 0 Å². The number of hydrogen-bond acceptors (Lipinski definition) is 11. The highest BCUT2D eigenvalue weighted by Gasteiger charge is 2.21. The molecule has 0 aliphatic rings. The number of rotatable bonds is 17. The summed E-state index contributed by atoms with van der Waals surface area (Å²) >= 11 is 0. The molecule has 0 saturated heterocycles. The zero-order valence-corrected chi connectivity index (χ0v) is 37.0. The molecule has 8 aromatic rings. The van der Waals surface area contributed by atoms with Crippen LogP contribution in [-0.2, 0) is 39.0 Å². The van der Waals surface area contributed by atoms with Crippen LogP contribution in [0.1, 0.15) is 68.1 Å². The number of halogens is 2. The molecule has 6 heterocycles. The molecule has 0 radical (unpaired) electrons. The summed E-state index contributed by atoms with van der Waals surface area (Å²) < 4.78 is 40.1. The van der Waals surface area contributed by atoms with Crippen LogP contribution in [0.15, 0.2) is 141 Å². The van der Waals surface area contributed by atoms with Crippen LogP contribution in [0.25, 0.3) is 26.8 Å². The molecule has 0 fully saturated rings. The van der Waals surface area contributed by atoms with E-state index in [2.05, 4.69) is 34.6 Å². The predicted octanol–water partition coefficient (Wildman–Crippen LogP) is 9.58. The summed E-state index contributed by atoms with van der Waals surface area (Å²) in [7, 11) is 0. The zero-order chi connectivity index (χ0) is 47.3. The third-order valence-corrected chi connectivity index (χ3v) is 11.3. The number of aryl methyl sites for hydroxylation is 4. The molecule has 0 amide bonds. The van der Waals surface area contributed by atoms with Gasteiger partial charge in [0.1, 0.15) is 34.3 Å². The van der Waals surface area contributed by atoms with Gasteiger partial charge >= 0.3 is 5.97 Å². The Morgan fingerprint density at radius 1 is 0.627 bits per heavy atom. The van der Waals surface area contributed by atoms with Gasteiger partial charge in [0, 0.05) is 75.8 Å². The van der Waals surface area contributed by atoms with Gasteiger partial charge in [0.25, 0.3) is 0 Å². The molecule has 8 rings (SSSR count). The molecule has 0 spiro atoms. The Bertz CT molecular complexity index is 3130. The van der Waals surface area contributed by atoms with Crippen molar-refractivity contribution in [1.29, 1.82) is 0 Å². The van der Waals surface area contributed by atoms with Crippen LogP contribution in [0.5, 0.6) is 0 Å². The number of aromatic carboxylic acids is 1. The van der Waals surface area contributed by atoms with Gasteiger partial charge in [-0.15, -0.1) is 0 Å². The first-order valence-corrected chi connectivity index (χ1v) is 21.6. The highest BCUT2D eigenvalue weighted by molar-refractivity contribution is 5.93. The number of aromatic nitrogens is 4. The van der Waals surface area contributed by atoms with Crippen LogP contribution in [0.3, 0.4) is 0 Å². The van der Waals surface area contributed by atoms with Crippen molar-refractivity contribution in [2.45, 2.75) is 65.7 Å². The minimum Gasteiger partial charge on any atom is -0.478 e. The monoisotopic (exact) mass is 903 g/mol. The predicted molar refractivity (Wildman–Crippen MR) is 249 cm³/mol. The number of benzene rings is 2. The summed E-state index contributed by atoms with van der Waals surface area (Å²) in [4.78, 5) is 61.7. The highest BCUT2D eigenvalue weighted by atomic mass is 19.1. The third kappa shape index (κ3) is 12.3. The lowest BCUT2D eigenvalue weighted by molar-refractivity contribution is 0.0692. The third-order valence-electron chi connectivity index (χ3n) is 11.3. The van der Waals surface area contributed by atoms with Crippen molar-refractivity contribution in [3.05, 3.63) is 216 Å². The van der Waals surface area contributed by atoms with Gasteiger partial charge in [-0.3, -0.25) is 39.3 Å². The molecular formula is C52H47F2N7O6. The van der Waals surface area contributed by atoms with Crippen LogP contribution in [-0.4, -0.2) is 53.9 Å². The SMILES string of the molecule is Cc1oc2cc(C(=O)O)c(F)cc2c(=O)c1CN(CCCc1cccnc1)Cc1ccncc1.[C-]#[N+]c1cc2oc(C)c(CN(CCCc3cccnc3)Cc3ccncc3)c(=O)c2cc1F. The van der Waals surface area contributed by atoms with E-state index in [9.17, 15) is 23.2 Å². The molecule has 0 aliphatic carbocycles. The largest absolute Gasteiger partial charge is 0.478 e. The molecule has 0 unspecified atom stereocenters. The Labute approximate surface area is 384 Å². The molecule has 0 saturated carbocycles. The first kappa shape index (κ1) is 47.2. The smallest absolute Gasteiger partial charge is 0.338 e. The van der Waals surface area contributed by atoms with Crippen molar-refractivity contribution in [1.82, 2.24) is 29.7 Å². The number of hydrogen-bond donors (Lipinski definition) is 1. The van der Waals surface area contributed by atoms with E-state index in [0.29, 0.717) is 55.4 Å². The number of pyridine rings is 4. The molecule has 2 aromatic carbocycles. The van der Waals surface area contributed by atoms with Gasteiger partial charge in [0.05, 0.1) is 34.0 Å². The summed E-state index contributed by atoms with van der Waals surface area (Å²) in [6, 6.07) is 20.1.